The first kappa shape index (κ1) is 13.1. The molecule has 6 heteroatoms. The summed E-state index contributed by atoms with van der Waals surface area (Å²) in [6.45, 7) is 0. The van der Waals surface area contributed by atoms with Gasteiger partial charge < -0.3 is 23.9 Å². The molecule has 1 aromatic heterocycles. The van der Waals surface area contributed by atoms with Gasteiger partial charge in [0.15, 0.2) is 5.76 Å². The van der Waals surface area contributed by atoms with Crippen molar-refractivity contribution in [1.82, 2.24) is 4.98 Å². The van der Waals surface area contributed by atoms with E-state index in [1.54, 1.807) is 46.7 Å². The predicted octanol–water partition coefficient (Wildman–Crippen LogP) is 2.41. The van der Waals surface area contributed by atoms with E-state index in [2.05, 4.69) is 10.3 Å². The molecule has 0 saturated heterocycles. The molecule has 2 aromatic rings. The van der Waals surface area contributed by atoms with E-state index in [9.17, 15) is 0 Å². The number of benzene rings is 1. The number of aromatic nitrogens is 1. The maximum absolute atomic E-state index is 5.55. The average Bonchev–Trinajstić information content (AvgIpc) is 2.94. The maximum atomic E-state index is 5.55. The molecule has 0 saturated carbocycles. The minimum atomic E-state index is 0.426. The fraction of sp³-hybridized carbons (Fsp3) is 0.308. The largest absolute Gasteiger partial charge is 0.496 e. The third-order valence-electron chi connectivity index (χ3n) is 2.68. The van der Waals surface area contributed by atoms with Gasteiger partial charge in [-0.3, -0.25) is 0 Å². The average molecular weight is 264 g/mol. The van der Waals surface area contributed by atoms with Gasteiger partial charge in [0, 0.05) is 19.2 Å². The van der Waals surface area contributed by atoms with Crippen LogP contribution in [0.15, 0.2) is 22.7 Å². The normalized spacial score (nSPS) is 10.1. The topological polar surface area (TPSA) is 65.8 Å². The van der Waals surface area contributed by atoms with Crippen molar-refractivity contribution in [2.75, 3.05) is 33.7 Å². The van der Waals surface area contributed by atoms with Crippen LogP contribution in [0.2, 0.25) is 0 Å². The molecule has 0 spiro atoms. The van der Waals surface area contributed by atoms with Gasteiger partial charge in [0.25, 0.3) is 6.01 Å². The molecule has 1 heterocycles. The Morgan fingerprint density at radius 2 is 1.68 bits per heavy atom. The lowest BCUT2D eigenvalue weighted by atomic mass is 10.1. The van der Waals surface area contributed by atoms with Crippen LogP contribution in [-0.4, -0.2) is 33.4 Å². The summed E-state index contributed by atoms with van der Waals surface area (Å²) >= 11 is 0. The van der Waals surface area contributed by atoms with Crippen LogP contribution in [-0.2, 0) is 0 Å². The number of nitrogens with one attached hydrogen (secondary N) is 1. The van der Waals surface area contributed by atoms with E-state index < -0.39 is 0 Å². The fourth-order valence-corrected chi connectivity index (χ4v) is 1.75. The molecule has 19 heavy (non-hydrogen) atoms. The predicted molar refractivity (Wildman–Crippen MR) is 71.1 cm³/mol. The smallest absolute Gasteiger partial charge is 0.294 e. The molecular formula is C13H16N2O4. The van der Waals surface area contributed by atoms with Gasteiger partial charge in [-0.1, -0.05) is 0 Å². The highest BCUT2D eigenvalue weighted by molar-refractivity contribution is 5.75. The molecule has 0 atom stereocenters. The molecule has 0 amide bonds. The molecule has 0 fully saturated rings. The second-order valence-corrected chi connectivity index (χ2v) is 3.69. The molecule has 6 nitrogen and oxygen atoms in total. The monoisotopic (exact) mass is 264 g/mol. The van der Waals surface area contributed by atoms with E-state index in [0.29, 0.717) is 34.6 Å². The van der Waals surface area contributed by atoms with E-state index in [1.165, 1.54) is 0 Å². The highest BCUT2D eigenvalue weighted by Gasteiger charge is 2.18. The van der Waals surface area contributed by atoms with Gasteiger partial charge >= 0.3 is 0 Å². The van der Waals surface area contributed by atoms with Crippen LogP contribution >= 0.6 is 0 Å². The molecule has 0 bridgehead atoms. The second kappa shape index (κ2) is 5.51. The fourth-order valence-electron chi connectivity index (χ4n) is 1.75. The molecule has 1 N–H and O–H groups in total. The summed E-state index contributed by atoms with van der Waals surface area (Å²) in [7, 11) is 6.47. The van der Waals surface area contributed by atoms with E-state index in [0.717, 1.165) is 0 Å². The number of methoxy groups -OCH3 is 3. The Morgan fingerprint density at radius 1 is 1.05 bits per heavy atom. The van der Waals surface area contributed by atoms with Crippen molar-refractivity contribution in [2.45, 2.75) is 0 Å². The number of oxazole rings is 1. The zero-order valence-corrected chi connectivity index (χ0v) is 11.3. The Bertz CT molecular complexity index is 541. The molecule has 0 radical (unpaired) electrons. The highest BCUT2D eigenvalue weighted by atomic mass is 16.5. The Labute approximate surface area is 111 Å². The third kappa shape index (κ3) is 2.42. The lowest BCUT2D eigenvalue weighted by molar-refractivity contribution is 0.376. The lowest BCUT2D eigenvalue weighted by Crippen LogP contribution is -1.94. The minimum absolute atomic E-state index is 0.426. The van der Waals surface area contributed by atoms with E-state index in [4.69, 9.17) is 18.6 Å². The summed E-state index contributed by atoms with van der Waals surface area (Å²) < 4.78 is 21.5. The molecule has 0 aliphatic carbocycles. The lowest BCUT2D eigenvalue weighted by Gasteiger charge is -2.13. The van der Waals surface area contributed by atoms with Crippen LogP contribution in [0, 0.1) is 0 Å². The second-order valence-electron chi connectivity index (χ2n) is 3.69. The van der Waals surface area contributed by atoms with Crippen LogP contribution < -0.4 is 19.5 Å². The van der Waals surface area contributed by atoms with Gasteiger partial charge in [-0.15, -0.1) is 0 Å². The third-order valence-corrected chi connectivity index (χ3v) is 2.68. The van der Waals surface area contributed by atoms with Crippen molar-refractivity contribution >= 4 is 6.01 Å². The maximum Gasteiger partial charge on any atom is 0.294 e. The van der Waals surface area contributed by atoms with Crippen molar-refractivity contribution in [2.24, 2.45) is 0 Å². The molecule has 0 aliphatic rings. The highest BCUT2D eigenvalue weighted by Crippen LogP contribution is 2.42. The number of hydrogen-bond donors (Lipinski definition) is 1. The number of rotatable bonds is 5. The molecule has 1 aromatic carbocycles. The van der Waals surface area contributed by atoms with Gasteiger partial charge in [-0.25, -0.2) is 4.98 Å². The summed E-state index contributed by atoms with van der Waals surface area (Å²) in [5.74, 6) is 2.39. The van der Waals surface area contributed by atoms with Gasteiger partial charge in [-0.2, -0.15) is 0 Å². The summed E-state index contributed by atoms with van der Waals surface area (Å²) in [6.07, 6.45) is 1.61. The summed E-state index contributed by atoms with van der Waals surface area (Å²) in [6, 6.07) is 3.95. The standard InChI is InChI=1S/C13H16N2O4/c1-14-13-15-7-11(19-13)12-9(17-3)5-8(16-2)6-10(12)18-4/h5-7H,1-4H3,(H,14,15). The van der Waals surface area contributed by atoms with Gasteiger partial charge in [-0.05, 0) is 0 Å². The Morgan fingerprint density at radius 3 is 2.11 bits per heavy atom. The number of anilines is 1. The summed E-state index contributed by atoms with van der Waals surface area (Å²) in [4.78, 5) is 4.08. The van der Waals surface area contributed by atoms with Gasteiger partial charge in [0.2, 0.25) is 0 Å². The Balaban J connectivity index is 2.59. The quantitative estimate of drug-likeness (QED) is 0.894. The van der Waals surface area contributed by atoms with Crippen molar-refractivity contribution < 1.29 is 18.6 Å². The van der Waals surface area contributed by atoms with Crippen LogP contribution in [0.1, 0.15) is 0 Å². The van der Waals surface area contributed by atoms with Gasteiger partial charge in [0.05, 0.1) is 27.5 Å². The summed E-state index contributed by atoms with van der Waals surface area (Å²) in [5, 5.41) is 2.83. The van der Waals surface area contributed by atoms with Crippen LogP contribution in [0.4, 0.5) is 6.01 Å². The Kier molecular flexibility index (Phi) is 3.79. The molecule has 0 aliphatic heterocycles. The molecule has 2 rings (SSSR count). The van der Waals surface area contributed by atoms with E-state index in [-0.39, 0.29) is 0 Å². The number of ether oxygens (including phenoxy) is 3. The van der Waals surface area contributed by atoms with Crippen molar-refractivity contribution in [3.8, 4) is 28.6 Å². The van der Waals surface area contributed by atoms with Crippen molar-refractivity contribution in [3.63, 3.8) is 0 Å². The van der Waals surface area contributed by atoms with Gasteiger partial charge in [0.1, 0.15) is 22.8 Å². The number of hydrogen-bond acceptors (Lipinski definition) is 6. The van der Waals surface area contributed by atoms with Crippen molar-refractivity contribution in [3.05, 3.63) is 18.3 Å². The Hall–Kier alpha value is -2.37. The van der Waals surface area contributed by atoms with Crippen LogP contribution in [0.25, 0.3) is 11.3 Å². The molecular weight excluding hydrogens is 248 g/mol. The minimum Gasteiger partial charge on any atom is -0.496 e. The SMILES string of the molecule is CNc1ncc(-c2c(OC)cc(OC)cc2OC)o1. The molecule has 0 unspecified atom stereocenters. The summed E-state index contributed by atoms with van der Waals surface area (Å²) in [5.41, 5.74) is 0.694. The number of nitrogens with zero attached hydrogens (tertiary/aromatic N) is 1. The zero-order chi connectivity index (χ0) is 13.8. The van der Waals surface area contributed by atoms with E-state index >= 15 is 0 Å². The first-order valence-corrected chi connectivity index (χ1v) is 5.67. The van der Waals surface area contributed by atoms with Crippen LogP contribution in [0.5, 0.6) is 17.2 Å². The van der Waals surface area contributed by atoms with Crippen molar-refractivity contribution in [1.29, 1.82) is 0 Å². The first-order chi connectivity index (χ1) is 9.23. The molecule has 102 valence electrons. The zero-order valence-electron chi connectivity index (χ0n) is 11.3. The first-order valence-electron chi connectivity index (χ1n) is 5.67. The van der Waals surface area contributed by atoms with Crippen LogP contribution in [0.3, 0.4) is 0 Å². The van der Waals surface area contributed by atoms with E-state index in [1.807, 2.05) is 0 Å².